The molecule has 0 spiro atoms. The molecule has 1 aliphatic rings. The lowest BCUT2D eigenvalue weighted by Crippen LogP contribution is -2.18. The van der Waals surface area contributed by atoms with E-state index in [1.807, 2.05) is 19.1 Å². The molecule has 1 aromatic carbocycles. The third kappa shape index (κ3) is 3.97. The van der Waals surface area contributed by atoms with E-state index in [1.165, 1.54) is 18.4 Å². The Morgan fingerprint density at radius 1 is 1.50 bits per heavy atom. The van der Waals surface area contributed by atoms with E-state index >= 15 is 0 Å². The van der Waals surface area contributed by atoms with Crippen molar-refractivity contribution < 1.29 is 9.84 Å². The van der Waals surface area contributed by atoms with Crippen LogP contribution in [0.3, 0.4) is 0 Å². The highest BCUT2D eigenvalue weighted by atomic mass is 79.9. The smallest absolute Gasteiger partial charge is 0.137 e. The van der Waals surface area contributed by atoms with Crippen molar-refractivity contribution in [2.45, 2.75) is 32.4 Å². The highest BCUT2D eigenvalue weighted by Gasteiger charge is 2.21. The molecule has 2 N–H and O–H groups in total. The van der Waals surface area contributed by atoms with Crippen LogP contribution in [0.2, 0.25) is 0 Å². The van der Waals surface area contributed by atoms with E-state index in [-0.39, 0.29) is 12.5 Å². The van der Waals surface area contributed by atoms with Crippen molar-refractivity contribution in [2.75, 3.05) is 13.2 Å². The molecule has 100 valence electrons. The summed E-state index contributed by atoms with van der Waals surface area (Å²) in [6.07, 6.45) is 2.57. The zero-order valence-electron chi connectivity index (χ0n) is 10.7. The Labute approximate surface area is 117 Å². The largest absolute Gasteiger partial charge is 0.492 e. The Morgan fingerprint density at radius 3 is 2.94 bits per heavy atom. The van der Waals surface area contributed by atoms with Gasteiger partial charge in [0.15, 0.2) is 0 Å². The predicted octanol–water partition coefficient (Wildman–Crippen LogP) is 2.71. The van der Waals surface area contributed by atoms with Gasteiger partial charge in [0.2, 0.25) is 0 Å². The minimum absolute atomic E-state index is 0.153. The zero-order chi connectivity index (χ0) is 13.0. The van der Waals surface area contributed by atoms with Crippen molar-refractivity contribution in [1.82, 2.24) is 5.32 Å². The van der Waals surface area contributed by atoms with E-state index in [0.717, 1.165) is 16.8 Å². The van der Waals surface area contributed by atoms with Crippen LogP contribution in [0.15, 0.2) is 22.7 Å². The Bertz CT molecular complexity index is 393. The van der Waals surface area contributed by atoms with Gasteiger partial charge in [-0.05, 0) is 34.8 Å². The molecule has 4 heteroatoms. The second-order valence-corrected chi connectivity index (χ2v) is 5.84. The zero-order valence-corrected chi connectivity index (χ0v) is 12.2. The summed E-state index contributed by atoms with van der Waals surface area (Å²) in [6.45, 7) is 3.50. The number of halogens is 1. The van der Waals surface area contributed by atoms with Crippen molar-refractivity contribution in [2.24, 2.45) is 5.92 Å². The van der Waals surface area contributed by atoms with Gasteiger partial charge in [-0.3, -0.25) is 0 Å². The summed E-state index contributed by atoms with van der Waals surface area (Å²) in [5, 5.41) is 12.5. The van der Waals surface area contributed by atoms with Gasteiger partial charge in [-0.2, -0.15) is 0 Å². The molecule has 3 nitrogen and oxygen atoms in total. The lowest BCUT2D eigenvalue weighted by molar-refractivity contribution is 0.173. The SMILES string of the molecule is CC(CO)COc1c(Br)cccc1CNC1CC1. The molecule has 0 heterocycles. The van der Waals surface area contributed by atoms with E-state index in [0.29, 0.717) is 12.6 Å². The van der Waals surface area contributed by atoms with Crippen LogP contribution in [0.1, 0.15) is 25.3 Å². The maximum Gasteiger partial charge on any atom is 0.137 e. The second kappa shape index (κ2) is 6.55. The van der Waals surface area contributed by atoms with Gasteiger partial charge in [-0.1, -0.05) is 19.1 Å². The van der Waals surface area contributed by atoms with Gasteiger partial charge in [-0.15, -0.1) is 0 Å². The summed E-state index contributed by atoms with van der Waals surface area (Å²) in [6, 6.07) is 6.78. The van der Waals surface area contributed by atoms with Crippen molar-refractivity contribution in [1.29, 1.82) is 0 Å². The Kier molecular flexibility index (Phi) is 5.03. The van der Waals surface area contributed by atoms with Crippen LogP contribution in [0.25, 0.3) is 0 Å². The van der Waals surface area contributed by atoms with E-state index in [4.69, 9.17) is 9.84 Å². The first-order valence-electron chi connectivity index (χ1n) is 6.45. The van der Waals surface area contributed by atoms with Gasteiger partial charge in [0.05, 0.1) is 11.1 Å². The minimum Gasteiger partial charge on any atom is -0.492 e. The normalized spacial score (nSPS) is 16.6. The average molecular weight is 314 g/mol. The molecule has 1 saturated carbocycles. The van der Waals surface area contributed by atoms with Gasteiger partial charge in [0.25, 0.3) is 0 Å². The summed E-state index contributed by atoms with van der Waals surface area (Å²) < 4.78 is 6.80. The van der Waals surface area contributed by atoms with Crippen molar-refractivity contribution in [3.63, 3.8) is 0 Å². The Hall–Kier alpha value is -0.580. The third-order valence-corrected chi connectivity index (χ3v) is 3.66. The third-order valence-electron chi connectivity index (χ3n) is 3.03. The first kappa shape index (κ1) is 13.8. The fraction of sp³-hybridized carbons (Fsp3) is 0.571. The van der Waals surface area contributed by atoms with Gasteiger partial charge < -0.3 is 15.2 Å². The molecule has 1 aromatic rings. The lowest BCUT2D eigenvalue weighted by atomic mass is 10.2. The number of benzene rings is 1. The lowest BCUT2D eigenvalue weighted by Gasteiger charge is -2.16. The summed E-state index contributed by atoms with van der Waals surface area (Å²) >= 11 is 3.53. The number of aliphatic hydroxyl groups excluding tert-OH is 1. The van der Waals surface area contributed by atoms with Crippen molar-refractivity contribution in [3.8, 4) is 5.75 Å². The topological polar surface area (TPSA) is 41.5 Å². The average Bonchev–Trinajstić information content (AvgIpc) is 3.18. The van der Waals surface area contributed by atoms with E-state index in [9.17, 15) is 0 Å². The first-order chi connectivity index (χ1) is 8.70. The van der Waals surface area contributed by atoms with Crippen LogP contribution in [-0.4, -0.2) is 24.4 Å². The van der Waals surface area contributed by atoms with Gasteiger partial charge >= 0.3 is 0 Å². The molecular formula is C14H20BrNO2. The van der Waals surface area contributed by atoms with E-state index < -0.39 is 0 Å². The van der Waals surface area contributed by atoms with Crippen LogP contribution in [0.5, 0.6) is 5.75 Å². The molecule has 0 bridgehead atoms. The number of hydrogen-bond acceptors (Lipinski definition) is 3. The highest BCUT2D eigenvalue weighted by Crippen LogP contribution is 2.30. The van der Waals surface area contributed by atoms with Gasteiger partial charge in [-0.25, -0.2) is 0 Å². The molecule has 0 aromatic heterocycles. The van der Waals surface area contributed by atoms with Crippen LogP contribution in [-0.2, 0) is 6.54 Å². The molecule has 0 saturated heterocycles. The van der Waals surface area contributed by atoms with Crippen molar-refractivity contribution >= 4 is 15.9 Å². The number of hydrogen-bond donors (Lipinski definition) is 2. The quantitative estimate of drug-likeness (QED) is 0.813. The molecule has 0 radical (unpaired) electrons. The number of ether oxygens (including phenoxy) is 1. The predicted molar refractivity (Wildman–Crippen MR) is 75.7 cm³/mol. The van der Waals surface area contributed by atoms with Crippen molar-refractivity contribution in [3.05, 3.63) is 28.2 Å². The van der Waals surface area contributed by atoms with E-state index in [1.54, 1.807) is 0 Å². The number of para-hydroxylation sites is 1. The Balaban J connectivity index is 1.99. The summed E-state index contributed by atoms with van der Waals surface area (Å²) in [4.78, 5) is 0. The molecule has 1 fully saturated rings. The summed E-state index contributed by atoms with van der Waals surface area (Å²) in [5.74, 6) is 1.05. The minimum atomic E-state index is 0.153. The monoisotopic (exact) mass is 313 g/mol. The maximum absolute atomic E-state index is 9.03. The van der Waals surface area contributed by atoms with E-state index in [2.05, 4.69) is 27.3 Å². The van der Waals surface area contributed by atoms with Crippen LogP contribution >= 0.6 is 15.9 Å². The second-order valence-electron chi connectivity index (χ2n) is 4.98. The molecule has 18 heavy (non-hydrogen) atoms. The molecular weight excluding hydrogens is 294 g/mol. The fourth-order valence-electron chi connectivity index (χ4n) is 1.67. The summed E-state index contributed by atoms with van der Waals surface area (Å²) in [7, 11) is 0. The van der Waals surface area contributed by atoms with Crippen LogP contribution < -0.4 is 10.1 Å². The fourth-order valence-corrected chi connectivity index (χ4v) is 2.20. The standard InChI is InChI=1S/C14H20BrNO2/c1-10(8-17)9-18-14-11(3-2-4-13(14)15)7-16-12-5-6-12/h2-4,10,12,16-17H,5-9H2,1H3. The molecule has 0 amide bonds. The molecule has 1 unspecified atom stereocenters. The molecule has 1 atom stereocenters. The molecule has 1 aliphatic carbocycles. The van der Waals surface area contributed by atoms with Crippen LogP contribution in [0.4, 0.5) is 0 Å². The number of nitrogens with one attached hydrogen (secondary N) is 1. The van der Waals surface area contributed by atoms with Gasteiger partial charge in [0, 0.05) is 30.7 Å². The summed E-state index contributed by atoms with van der Waals surface area (Å²) in [5.41, 5.74) is 1.17. The first-order valence-corrected chi connectivity index (χ1v) is 7.24. The maximum atomic E-state index is 9.03. The molecule has 2 rings (SSSR count). The highest BCUT2D eigenvalue weighted by molar-refractivity contribution is 9.10. The van der Waals surface area contributed by atoms with Crippen LogP contribution in [0, 0.1) is 5.92 Å². The number of rotatable bonds is 7. The Morgan fingerprint density at radius 2 is 2.28 bits per heavy atom. The van der Waals surface area contributed by atoms with Gasteiger partial charge in [0.1, 0.15) is 5.75 Å². The number of aliphatic hydroxyl groups is 1. The molecule has 0 aliphatic heterocycles.